The molecule has 0 bridgehead atoms. The van der Waals surface area contributed by atoms with E-state index in [0.717, 1.165) is 11.4 Å². The van der Waals surface area contributed by atoms with Crippen molar-refractivity contribution in [2.75, 3.05) is 18.4 Å². The number of hydrogen-bond acceptors (Lipinski definition) is 3. The van der Waals surface area contributed by atoms with Gasteiger partial charge in [-0.15, -0.1) is 6.58 Å². The van der Waals surface area contributed by atoms with E-state index in [9.17, 15) is 4.79 Å². The number of hydrogen-bond donors (Lipinski definition) is 2. The van der Waals surface area contributed by atoms with Gasteiger partial charge in [-0.25, -0.2) is 4.98 Å². The quantitative estimate of drug-likeness (QED) is 0.771. The number of amides is 1. The molecule has 1 amide bonds. The molecule has 0 atom stereocenters. The molecule has 0 fully saturated rings. The van der Waals surface area contributed by atoms with Crippen LogP contribution in [0.3, 0.4) is 0 Å². The minimum absolute atomic E-state index is 0.150. The van der Waals surface area contributed by atoms with Gasteiger partial charge in [0.05, 0.1) is 5.56 Å². The van der Waals surface area contributed by atoms with Crippen molar-refractivity contribution in [3.63, 3.8) is 0 Å². The van der Waals surface area contributed by atoms with Crippen molar-refractivity contribution < 1.29 is 4.79 Å². The number of nitrogens with zero attached hydrogens (tertiary/aromatic N) is 1. The number of benzene rings is 1. The Balaban J connectivity index is 1.82. The van der Waals surface area contributed by atoms with E-state index < -0.39 is 0 Å². The third-order valence-corrected chi connectivity index (χ3v) is 2.94. The summed E-state index contributed by atoms with van der Waals surface area (Å²) in [5.41, 5.74) is 1.69. The average molecular weight is 293 g/mol. The van der Waals surface area contributed by atoms with Crippen molar-refractivity contribution in [1.82, 2.24) is 10.3 Å². The van der Waals surface area contributed by atoms with Gasteiger partial charge in [0.2, 0.25) is 0 Å². The molecule has 2 rings (SSSR count). The summed E-state index contributed by atoms with van der Waals surface area (Å²) in [4.78, 5) is 15.9. The Bertz CT molecular complexity index is 633. The van der Waals surface area contributed by atoms with Gasteiger partial charge >= 0.3 is 0 Å². The van der Waals surface area contributed by atoms with Gasteiger partial charge in [-0.1, -0.05) is 48.6 Å². The molecule has 2 aromatic rings. The SMILES string of the molecule is C=CCNC(=O)c1ccc(NC/C=C/c2ccccc2)nc1. The van der Waals surface area contributed by atoms with Crippen molar-refractivity contribution in [3.8, 4) is 0 Å². The largest absolute Gasteiger partial charge is 0.367 e. The molecule has 1 heterocycles. The van der Waals surface area contributed by atoms with Gasteiger partial charge in [-0.05, 0) is 17.7 Å². The number of rotatable bonds is 7. The van der Waals surface area contributed by atoms with Gasteiger partial charge in [0.1, 0.15) is 5.82 Å². The Hall–Kier alpha value is -2.88. The Morgan fingerprint density at radius 1 is 1.14 bits per heavy atom. The van der Waals surface area contributed by atoms with Crippen molar-refractivity contribution >= 4 is 17.8 Å². The van der Waals surface area contributed by atoms with Crippen LogP contribution in [-0.4, -0.2) is 24.0 Å². The Labute approximate surface area is 130 Å². The molecule has 0 aliphatic carbocycles. The first kappa shape index (κ1) is 15.5. The van der Waals surface area contributed by atoms with Gasteiger partial charge in [-0.2, -0.15) is 0 Å². The molecule has 112 valence electrons. The highest BCUT2D eigenvalue weighted by Crippen LogP contribution is 2.05. The lowest BCUT2D eigenvalue weighted by Gasteiger charge is -2.05. The van der Waals surface area contributed by atoms with E-state index in [1.165, 1.54) is 0 Å². The van der Waals surface area contributed by atoms with E-state index in [-0.39, 0.29) is 5.91 Å². The predicted octanol–water partition coefficient (Wildman–Crippen LogP) is 3.12. The van der Waals surface area contributed by atoms with Crippen molar-refractivity contribution in [2.45, 2.75) is 0 Å². The van der Waals surface area contributed by atoms with Crippen LogP contribution >= 0.6 is 0 Å². The molecule has 0 aliphatic rings. The monoisotopic (exact) mass is 293 g/mol. The second-order valence-corrected chi connectivity index (χ2v) is 4.62. The van der Waals surface area contributed by atoms with Gasteiger partial charge in [0.25, 0.3) is 5.91 Å². The molecule has 22 heavy (non-hydrogen) atoms. The van der Waals surface area contributed by atoms with Gasteiger partial charge in [0, 0.05) is 19.3 Å². The van der Waals surface area contributed by atoms with E-state index in [2.05, 4.69) is 22.2 Å². The van der Waals surface area contributed by atoms with E-state index in [1.807, 2.05) is 42.5 Å². The summed E-state index contributed by atoms with van der Waals surface area (Å²) in [6, 6.07) is 13.6. The van der Waals surface area contributed by atoms with Gasteiger partial charge in [-0.3, -0.25) is 4.79 Å². The first-order chi connectivity index (χ1) is 10.8. The maximum Gasteiger partial charge on any atom is 0.253 e. The Morgan fingerprint density at radius 3 is 2.64 bits per heavy atom. The first-order valence-electron chi connectivity index (χ1n) is 7.10. The fourth-order valence-electron chi connectivity index (χ4n) is 1.82. The van der Waals surface area contributed by atoms with Gasteiger partial charge < -0.3 is 10.6 Å². The molecular formula is C18H19N3O. The highest BCUT2D eigenvalue weighted by Gasteiger charge is 2.03. The normalized spacial score (nSPS) is 10.4. The molecule has 0 saturated heterocycles. The van der Waals surface area contributed by atoms with Crippen molar-refractivity contribution in [2.24, 2.45) is 0 Å². The molecule has 4 heteroatoms. The number of carbonyl (C=O) groups is 1. The van der Waals surface area contributed by atoms with Crippen LogP contribution in [-0.2, 0) is 0 Å². The molecule has 0 radical (unpaired) electrons. The third-order valence-electron chi connectivity index (χ3n) is 2.94. The van der Waals surface area contributed by atoms with E-state index in [0.29, 0.717) is 18.7 Å². The Morgan fingerprint density at radius 2 is 1.95 bits per heavy atom. The second kappa shape index (κ2) is 8.42. The lowest BCUT2D eigenvalue weighted by Crippen LogP contribution is -2.23. The molecule has 4 nitrogen and oxygen atoms in total. The summed E-state index contributed by atoms with van der Waals surface area (Å²) in [5.74, 6) is 0.584. The zero-order valence-corrected chi connectivity index (χ0v) is 12.3. The lowest BCUT2D eigenvalue weighted by molar-refractivity contribution is 0.0957. The van der Waals surface area contributed by atoms with Crippen LogP contribution in [0.1, 0.15) is 15.9 Å². The summed E-state index contributed by atoms with van der Waals surface area (Å²) in [6.45, 7) is 4.68. The van der Waals surface area contributed by atoms with E-state index >= 15 is 0 Å². The van der Waals surface area contributed by atoms with E-state index in [4.69, 9.17) is 0 Å². The van der Waals surface area contributed by atoms with Crippen LogP contribution in [0.4, 0.5) is 5.82 Å². The molecule has 0 unspecified atom stereocenters. The summed E-state index contributed by atoms with van der Waals surface area (Å²) >= 11 is 0. The molecule has 0 spiro atoms. The Kier molecular flexibility index (Phi) is 5.93. The average Bonchev–Trinajstić information content (AvgIpc) is 2.58. The maximum atomic E-state index is 11.7. The van der Waals surface area contributed by atoms with E-state index in [1.54, 1.807) is 24.4 Å². The maximum absolute atomic E-state index is 11.7. The van der Waals surface area contributed by atoms with Crippen LogP contribution in [0.15, 0.2) is 67.4 Å². The highest BCUT2D eigenvalue weighted by atomic mass is 16.1. The smallest absolute Gasteiger partial charge is 0.253 e. The zero-order chi connectivity index (χ0) is 15.6. The first-order valence-corrected chi connectivity index (χ1v) is 7.10. The fraction of sp³-hybridized carbons (Fsp3) is 0.111. The minimum atomic E-state index is -0.150. The van der Waals surface area contributed by atoms with Gasteiger partial charge in [0.15, 0.2) is 0 Å². The summed E-state index contributed by atoms with van der Waals surface area (Å²) in [6.07, 6.45) is 7.27. The summed E-state index contributed by atoms with van der Waals surface area (Å²) in [7, 11) is 0. The van der Waals surface area contributed by atoms with Crippen LogP contribution in [0.2, 0.25) is 0 Å². The zero-order valence-electron chi connectivity index (χ0n) is 12.3. The van der Waals surface area contributed by atoms with Crippen molar-refractivity contribution in [3.05, 3.63) is 78.5 Å². The third kappa shape index (κ3) is 4.90. The number of carbonyl (C=O) groups excluding carboxylic acids is 1. The minimum Gasteiger partial charge on any atom is -0.367 e. The summed E-state index contributed by atoms with van der Waals surface area (Å²) < 4.78 is 0. The summed E-state index contributed by atoms with van der Waals surface area (Å²) in [5, 5.41) is 5.89. The lowest BCUT2D eigenvalue weighted by atomic mass is 10.2. The van der Waals surface area contributed by atoms with Crippen LogP contribution in [0.25, 0.3) is 6.08 Å². The van der Waals surface area contributed by atoms with Crippen LogP contribution < -0.4 is 10.6 Å². The number of pyridine rings is 1. The molecule has 1 aromatic carbocycles. The molecule has 0 aliphatic heterocycles. The molecule has 0 saturated carbocycles. The molecule has 1 aromatic heterocycles. The highest BCUT2D eigenvalue weighted by molar-refractivity contribution is 5.94. The predicted molar refractivity (Wildman–Crippen MR) is 90.7 cm³/mol. The fourth-order valence-corrected chi connectivity index (χ4v) is 1.82. The standard InChI is InChI=1S/C18H19N3O/c1-2-12-20-18(22)16-10-11-17(21-14-16)19-13-6-9-15-7-4-3-5-8-15/h2-11,14H,1,12-13H2,(H,19,21)(H,20,22)/b9-6+. The number of nitrogens with one attached hydrogen (secondary N) is 2. The van der Waals surface area contributed by atoms with Crippen molar-refractivity contribution in [1.29, 1.82) is 0 Å². The molecular weight excluding hydrogens is 274 g/mol. The second-order valence-electron chi connectivity index (χ2n) is 4.62. The topological polar surface area (TPSA) is 54.0 Å². The molecule has 2 N–H and O–H groups in total. The number of aromatic nitrogens is 1. The van der Waals surface area contributed by atoms with Crippen LogP contribution in [0, 0.1) is 0 Å². The number of anilines is 1. The van der Waals surface area contributed by atoms with Crippen LogP contribution in [0.5, 0.6) is 0 Å².